The van der Waals surface area contributed by atoms with Gasteiger partial charge in [-0.15, -0.1) is 0 Å². The second-order valence-electron chi connectivity index (χ2n) is 5.26. The molecule has 0 saturated heterocycles. The molecule has 3 rings (SSSR count). The number of ether oxygens (including phenoxy) is 1. The Kier molecular flexibility index (Phi) is 4.42. The SMILES string of the molecule is Cc1cc(OCc2ccccc2)c(N2C=C(O)NS2(=O)=O)cc1Br. The van der Waals surface area contributed by atoms with Gasteiger partial charge in [0.15, 0.2) is 0 Å². The quantitative estimate of drug-likeness (QED) is 0.809. The van der Waals surface area contributed by atoms with Gasteiger partial charge in [-0.1, -0.05) is 46.3 Å². The molecule has 1 aliphatic rings. The Morgan fingerprint density at radius 1 is 1.25 bits per heavy atom. The summed E-state index contributed by atoms with van der Waals surface area (Å²) in [6.45, 7) is 2.18. The molecule has 2 N–H and O–H groups in total. The van der Waals surface area contributed by atoms with E-state index in [-0.39, 0.29) is 0 Å². The number of nitrogens with one attached hydrogen (secondary N) is 1. The third-order valence-corrected chi connectivity index (χ3v) is 5.59. The molecule has 0 saturated carbocycles. The number of benzene rings is 2. The minimum absolute atomic E-state index is 0.298. The first-order valence-corrected chi connectivity index (χ1v) is 9.30. The molecule has 0 fully saturated rings. The number of nitrogens with zero attached hydrogens (tertiary/aromatic N) is 1. The van der Waals surface area contributed by atoms with Crippen LogP contribution in [-0.2, 0) is 16.8 Å². The Hall–Kier alpha value is -2.19. The molecule has 0 bridgehead atoms. The first kappa shape index (κ1) is 16.7. The molecule has 24 heavy (non-hydrogen) atoms. The first-order valence-electron chi connectivity index (χ1n) is 7.06. The number of aryl methyl sites for hydroxylation is 1. The van der Waals surface area contributed by atoms with Gasteiger partial charge >= 0.3 is 10.2 Å². The minimum Gasteiger partial charge on any atom is -0.493 e. The molecule has 0 atom stereocenters. The molecule has 0 aliphatic carbocycles. The van der Waals surface area contributed by atoms with Gasteiger partial charge in [0.05, 0.1) is 6.20 Å². The predicted molar refractivity (Wildman–Crippen MR) is 94.9 cm³/mol. The van der Waals surface area contributed by atoms with Crippen molar-refractivity contribution < 1.29 is 18.3 Å². The Morgan fingerprint density at radius 3 is 2.58 bits per heavy atom. The molecule has 2 aromatic rings. The summed E-state index contributed by atoms with van der Waals surface area (Å²) in [4.78, 5) is 0. The third-order valence-electron chi connectivity index (χ3n) is 3.45. The summed E-state index contributed by atoms with van der Waals surface area (Å²) in [5, 5.41) is 9.50. The lowest BCUT2D eigenvalue weighted by atomic mass is 10.2. The highest BCUT2D eigenvalue weighted by atomic mass is 79.9. The van der Waals surface area contributed by atoms with Gasteiger partial charge in [0, 0.05) is 4.47 Å². The molecular formula is C16H15BrN2O4S. The maximum atomic E-state index is 12.1. The van der Waals surface area contributed by atoms with E-state index in [4.69, 9.17) is 4.74 Å². The van der Waals surface area contributed by atoms with Crippen molar-refractivity contribution in [2.24, 2.45) is 0 Å². The van der Waals surface area contributed by atoms with Crippen LogP contribution in [0.4, 0.5) is 5.69 Å². The molecule has 0 unspecified atom stereocenters. The van der Waals surface area contributed by atoms with E-state index < -0.39 is 16.1 Å². The Bertz CT molecular complexity index is 898. The van der Waals surface area contributed by atoms with Crippen molar-refractivity contribution >= 4 is 31.8 Å². The van der Waals surface area contributed by atoms with Gasteiger partial charge in [0.25, 0.3) is 0 Å². The van der Waals surface area contributed by atoms with E-state index in [0.29, 0.717) is 18.0 Å². The number of halogens is 1. The fourth-order valence-electron chi connectivity index (χ4n) is 2.25. The lowest BCUT2D eigenvalue weighted by Crippen LogP contribution is -2.30. The highest BCUT2D eigenvalue weighted by Crippen LogP contribution is 2.37. The van der Waals surface area contributed by atoms with Crippen LogP contribution >= 0.6 is 15.9 Å². The molecular weight excluding hydrogens is 396 g/mol. The Balaban J connectivity index is 1.98. The second-order valence-corrected chi connectivity index (χ2v) is 7.66. The van der Waals surface area contributed by atoms with Crippen LogP contribution in [-0.4, -0.2) is 13.5 Å². The summed E-state index contributed by atoms with van der Waals surface area (Å²) in [7, 11) is -3.88. The average Bonchev–Trinajstić information content (AvgIpc) is 2.81. The van der Waals surface area contributed by atoms with E-state index >= 15 is 0 Å². The van der Waals surface area contributed by atoms with Crippen LogP contribution in [0.15, 0.2) is 59.0 Å². The standard InChI is InChI=1S/C16H15BrN2O4S/c1-11-7-15(23-10-12-5-3-2-4-6-12)14(8-13(11)17)19-9-16(20)18-24(19,21)22/h2-9,18,20H,10H2,1H3. The minimum atomic E-state index is -3.88. The summed E-state index contributed by atoms with van der Waals surface area (Å²) in [6, 6.07) is 13.0. The maximum absolute atomic E-state index is 12.1. The van der Waals surface area contributed by atoms with Crippen LogP contribution in [0.3, 0.4) is 0 Å². The summed E-state index contributed by atoms with van der Waals surface area (Å²) < 4.78 is 33.8. The van der Waals surface area contributed by atoms with E-state index in [1.807, 2.05) is 42.0 Å². The van der Waals surface area contributed by atoms with Crippen LogP contribution in [0.1, 0.15) is 11.1 Å². The fraction of sp³-hybridized carbons (Fsp3) is 0.125. The zero-order valence-electron chi connectivity index (χ0n) is 12.7. The molecule has 6 nitrogen and oxygen atoms in total. The van der Waals surface area contributed by atoms with Gasteiger partial charge in [0.2, 0.25) is 5.88 Å². The van der Waals surface area contributed by atoms with Crippen LogP contribution in [0.25, 0.3) is 0 Å². The molecule has 2 aromatic carbocycles. The topological polar surface area (TPSA) is 78.9 Å². The van der Waals surface area contributed by atoms with Gasteiger partial charge < -0.3 is 9.84 Å². The zero-order chi connectivity index (χ0) is 17.3. The second kappa shape index (κ2) is 6.37. The first-order chi connectivity index (χ1) is 11.4. The molecule has 8 heteroatoms. The molecule has 1 heterocycles. The van der Waals surface area contributed by atoms with E-state index in [1.165, 1.54) is 0 Å². The van der Waals surface area contributed by atoms with E-state index in [1.54, 1.807) is 12.1 Å². The lowest BCUT2D eigenvalue weighted by Gasteiger charge is -2.19. The van der Waals surface area contributed by atoms with E-state index in [0.717, 1.165) is 26.1 Å². The molecule has 0 aromatic heterocycles. The molecule has 126 valence electrons. The van der Waals surface area contributed by atoms with Crippen LogP contribution in [0, 0.1) is 6.92 Å². The highest BCUT2D eigenvalue weighted by Gasteiger charge is 2.31. The summed E-state index contributed by atoms with van der Waals surface area (Å²) in [5.41, 5.74) is 2.17. The van der Waals surface area contributed by atoms with Gasteiger partial charge in [-0.25, -0.2) is 9.03 Å². The van der Waals surface area contributed by atoms with Gasteiger partial charge in [0.1, 0.15) is 18.0 Å². The number of anilines is 1. The van der Waals surface area contributed by atoms with Gasteiger partial charge in [-0.05, 0) is 30.2 Å². The van der Waals surface area contributed by atoms with Crippen molar-refractivity contribution in [3.8, 4) is 5.75 Å². The molecule has 0 spiro atoms. The monoisotopic (exact) mass is 410 g/mol. The fourth-order valence-corrected chi connectivity index (χ4v) is 3.64. The van der Waals surface area contributed by atoms with Crippen LogP contribution in [0.2, 0.25) is 0 Å². The largest absolute Gasteiger partial charge is 0.493 e. The number of hydrogen-bond donors (Lipinski definition) is 2. The normalized spacial score (nSPS) is 15.8. The Labute approximate surface area is 148 Å². The third kappa shape index (κ3) is 3.34. The van der Waals surface area contributed by atoms with E-state index in [2.05, 4.69) is 15.9 Å². The lowest BCUT2D eigenvalue weighted by molar-refractivity contribution is 0.307. The Morgan fingerprint density at radius 2 is 1.96 bits per heavy atom. The number of hydrogen-bond acceptors (Lipinski definition) is 4. The summed E-state index contributed by atoms with van der Waals surface area (Å²) >= 11 is 3.40. The summed E-state index contributed by atoms with van der Waals surface area (Å²) in [6.07, 6.45) is 1.10. The number of rotatable bonds is 4. The highest BCUT2D eigenvalue weighted by molar-refractivity contribution is 9.10. The van der Waals surface area contributed by atoms with Crippen molar-refractivity contribution in [1.82, 2.24) is 4.72 Å². The van der Waals surface area contributed by atoms with Crippen molar-refractivity contribution in [3.05, 3.63) is 70.1 Å². The molecule has 1 aliphatic heterocycles. The average molecular weight is 411 g/mol. The number of aliphatic hydroxyl groups is 1. The smallest absolute Gasteiger partial charge is 0.330 e. The van der Waals surface area contributed by atoms with E-state index in [9.17, 15) is 13.5 Å². The van der Waals surface area contributed by atoms with Crippen LogP contribution in [0.5, 0.6) is 5.75 Å². The molecule has 0 radical (unpaired) electrons. The van der Waals surface area contributed by atoms with Crippen molar-refractivity contribution in [2.45, 2.75) is 13.5 Å². The summed E-state index contributed by atoms with van der Waals surface area (Å²) in [5.74, 6) is -0.0448. The predicted octanol–water partition coefficient (Wildman–Crippen LogP) is 3.35. The van der Waals surface area contributed by atoms with Gasteiger partial charge in [-0.2, -0.15) is 8.42 Å². The van der Waals surface area contributed by atoms with Crippen molar-refractivity contribution in [2.75, 3.05) is 4.31 Å². The maximum Gasteiger partial charge on any atom is 0.330 e. The van der Waals surface area contributed by atoms with Crippen LogP contribution < -0.4 is 13.8 Å². The van der Waals surface area contributed by atoms with Gasteiger partial charge in [-0.3, -0.25) is 0 Å². The van der Waals surface area contributed by atoms with Crippen molar-refractivity contribution in [1.29, 1.82) is 0 Å². The number of aliphatic hydroxyl groups excluding tert-OH is 1. The van der Waals surface area contributed by atoms with Crippen molar-refractivity contribution in [3.63, 3.8) is 0 Å². The molecule has 0 amide bonds. The zero-order valence-corrected chi connectivity index (χ0v) is 15.1.